The molecule has 2 fully saturated rings. The van der Waals surface area contributed by atoms with Crippen molar-refractivity contribution in [2.24, 2.45) is 29.4 Å². The monoisotopic (exact) mass is 248 g/mol. The molecule has 3 nitrogen and oxygen atoms in total. The van der Waals surface area contributed by atoms with E-state index < -0.39 is 0 Å². The molecule has 0 aromatic carbocycles. The molecule has 18 heavy (non-hydrogen) atoms. The van der Waals surface area contributed by atoms with Crippen LogP contribution in [0.1, 0.15) is 32.6 Å². The summed E-state index contributed by atoms with van der Waals surface area (Å²) in [5.41, 5.74) is 6.12. The van der Waals surface area contributed by atoms with E-state index in [2.05, 4.69) is 24.0 Å². The van der Waals surface area contributed by atoms with Gasteiger partial charge in [0.05, 0.1) is 0 Å². The number of rotatable bonds is 2. The summed E-state index contributed by atoms with van der Waals surface area (Å²) in [4.78, 5) is 14.7. The minimum absolute atomic E-state index is 0.270. The van der Waals surface area contributed by atoms with E-state index in [-0.39, 0.29) is 5.92 Å². The molecule has 3 rings (SSSR count). The van der Waals surface area contributed by atoms with Crippen molar-refractivity contribution < 1.29 is 4.79 Å². The molecule has 0 spiro atoms. The lowest BCUT2D eigenvalue weighted by molar-refractivity contribution is -0.138. The number of nitrogens with zero attached hydrogens (tertiary/aromatic N) is 1. The molecule has 1 aliphatic heterocycles. The van der Waals surface area contributed by atoms with Crippen LogP contribution < -0.4 is 5.73 Å². The highest BCUT2D eigenvalue weighted by Gasteiger charge is 2.42. The van der Waals surface area contributed by atoms with Crippen LogP contribution in [0.4, 0.5) is 0 Å². The van der Waals surface area contributed by atoms with Crippen LogP contribution in [0.3, 0.4) is 0 Å². The Morgan fingerprint density at radius 3 is 2.83 bits per heavy atom. The minimum Gasteiger partial charge on any atom is -0.342 e. The van der Waals surface area contributed by atoms with Crippen LogP contribution in [0.25, 0.3) is 0 Å². The highest BCUT2D eigenvalue weighted by molar-refractivity contribution is 5.80. The van der Waals surface area contributed by atoms with E-state index in [9.17, 15) is 4.79 Å². The SMILES string of the molecule is CCC1CN(C(=O)C2CC3C=CC2C3)CCC1N. The highest BCUT2D eigenvalue weighted by atomic mass is 16.2. The Kier molecular flexibility index (Phi) is 3.18. The van der Waals surface area contributed by atoms with Gasteiger partial charge in [0.2, 0.25) is 5.91 Å². The second kappa shape index (κ2) is 4.69. The van der Waals surface area contributed by atoms with Gasteiger partial charge in [0.1, 0.15) is 0 Å². The van der Waals surface area contributed by atoms with Gasteiger partial charge in [0.25, 0.3) is 0 Å². The normalized spacial score (nSPS) is 42.6. The summed E-state index contributed by atoms with van der Waals surface area (Å²) in [6.45, 7) is 3.93. The van der Waals surface area contributed by atoms with Gasteiger partial charge in [-0.25, -0.2) is 0 Å². The first-order valence-corrected chi connectivity index (χ1v) is 7.41. The number of piperidine rings is 1. The Balaban J connectivity index is 1.64. The lowest BCUT2D eigenvalue weighted by atomic mass is 9.87. The van der Waals surface area contributed by atoms with Crippen LogP contribution in [0.2, 0.25) is 0 Å². The zero-order valence-corrected chi connectivity index (χ0v) is 11.2. The zero-order valence-electron chi connectivity index (χ0n) is 11.2. The first-order chi connectivity index (χ1) is 8.69. The van der Waals surface area contributed by atoms with E-state index in [1.165, 1.54) is 6.42 Å². The van der Waals surface area contributed by atoms with Crippen molar-refractivity contribution in [1.29, 1.82) is 0 Å². The first kappa shape index (κ1) is 12.2. The van der Waals surface area contributed by atoms with Crippen LogP contribution >= 0.6 is 0 Å². The van der Waals surface area contributed by atoms with E-state index in [1.54, 1.807) is 0 Å². The topological polar surface area (TPSA) is 46.3 Å². The second-order valence-electron chi connectivity index (χ2n) is 6.29. The van der Waals surface area contributed by atoms with Crippen LogP contribution in [0, 0.1) is 23.7 Å². The summed E-state index contributed by atoms with van der Waals surface area (Å²) in [6, 6.07) is 0.291. The number of carbonyl (C=O) groups excluding carboxylic acids is 1. The van der Waals surface area contributed by atoms with Crippen molar-refractivity contribution in [3.63, 3.8) is 0 Å². The first-order valence-electron chi connectivity index (χ1n) is 7.41. The summed E-state index contributed by atoms with van der Waals surface area (Å²) in [5, 5.41) is 0. The molecule has 3 aliphatic rings. The zero-order chi connectivity index (χ0) is 12.7. The van der Waals surface area contributed by atoms with Gasteiger partial charge < -0.3 is 10.6 Å². The molecule has 5 atom stereocenters. The molecule has 0 aromatic heterocycles. The maximum Gasteiger partial charge on any atom is 0.226 e. The van der Waals surface area contributed by atoms with Crippen molar-refractivity contribution in [2.45, 2.75) is 38.6 Å². The van der Waals surface area contributed by atoms with Crippen molar-refractivity contribution >= 4 is 5.91 Å². The van der Waals surface area contributed by atoms with Gasteiger partial charge in [-0.2, -0.15) is 0 Å². The van der Waals surface area contributed by atoms with Gasteiger partial charge in [0.15, 0.2) is 0 Å². The van der Waals surface area contributed by atoms with E-state index in [0.29, 0.717) is 29.7 Å². The van der Waals surface area contributed by atoms with Crippen LogP contribution in [-0.4, -0.2) is 29.9 Å². The van der Waals surface area contributed by atoms with E-state index in [0.717, 1.165) is 32.4 Å². The standard InChI is InChI=1S/C15H24N2O/c1-2-11-9-17(6-5-14(11)16)15(18)13-8-10-3-4-12(13)7-10/h3-4,10-14H,2,5-9,16H2,1H3. The predicted octanol–water partition coefficient (Wildman–Crippen LogP) is 1.78. The molecular weight excluding hydrogens is 224 g/mol. The number of hydrogen-bond acceptors (Lipinski definition) is 2. The van der Waals surface area contributed by atoms with E-state index >= 15 is 0 Å². The fraction of sp³-hybridized carbons (Fsp3) is 0.800. The van der Waals surface area contributed by atoms with Gasteiger partial charge in [0, 0.05) is 25.0 Å². The third-order valence-electron chi connectivity index (χ3n) is 5.22. The number of nitrogens with two attached hydrogens (primary N) is 1. The average Bonchev–Trinajstić information content (AvgIpc) is 3.00. The summed E-state index contributed by atoms with van der Waals surface area (Å²) in [5.74, 6) is 2.37. The van der Waals surface area contributed by atoms with Crippen molar-refractivity contribution in [2.75, 3.05) is 13.1 Å². The Bertz CT molecular complexity index is 366. The Morgan fingerprint density at radius 2 is 2.22 bits per heavy atom. The Hall–Kier alpha value is -0.830. The molecule has 2 N–H and O–H groups in total. The number of amides is 1. The van der Waals surface area contributed by atoms with Crippen LogP contribution in [0.5, 0.6) is 0 Å². The summed E-state index contributed by atoms with van der Waals surface area (Å²) < 4.78 is 0. The van der Waals surface area contributed by atoms with Gasteiger partial charge in [-0.1, -0.05) is 25.5 Å². The molecule has 0 radical (unpaired) electrons. The number of likely N-dealkylation sites (tertiary alicyclic amines) is 1. The molecule has 100 valence electrons. The van der Waals surface area contributed by atoms with Crippen molar-refractivity contribution in [1.82, 2.24) is 4.90 Å². The number of fused-ring (bicyclic) bond motifs is 2. The molecule has 1 amide bonds. The molecule has 2 aliphatic carbocycles. The fourth-order valence-electron chi connectivity index (χ4n) is 3.98. The molecule has 5 unspecified atom stereocenters. The number of allylic oxidation sites excluding steroid dienone is 2. The molecular formula is C15H24N2O. The lowest BCUT2D eigenvalue weighted by Gasteiger charge is -2.38. The minimum atomic E-state index is 0.270. The van der Waals surface area contributed by atoms with E-state index in [4.69, 9.17) is 5.73 Å². The Labute approximate surface area is 109 Å². The summed E-state index contributed by atoms with van der Waals surface area (Å²) in [6.07, 6.45) is 8.92. The number of carbonyl (C=O) groups is 1. The lowest BCUT2D eigenvalue weighted by Crippen LogP contribution is -2.50. The Morgan fingerprint density at radius 1 is 1.39 bits per heavy atom. The highest BCUT2D eigenvalue weighted by Crippen LogP contribution is 2.44. The maximum atomic E-state index is 12.6. The maximum absolute atomic E-state index is 12.6. The molecule has 1 saturated heterocycles. The molecule has 0 aromatic rings. The average molecular weight is 248 g/mol. The van der Waals surface area contributed by atoms with Gasteiger partial charge >= 0.3 is 0 Å². The predicted molar refractivity (Wildman–Crippen MR) is 71.8 cm³/mol. The second-order valence-corrected chi connectivity index (χ2v) is 6.29. The third kappa shape index (κ3) is 1.99. The van der Waals surface area contributed by atoms with Crippen molar-refractivity contribution in [3.8, 4) is 0 Å². The van der Waals surface area contributed by atoms with Crippen LogP contribution in [0.15, 0.2) is 12.2 Å². The van der Waals surface area contributed by atoms with Crippen LogP contribution in [-0.2, 0) is 4.79 Å². The number of hydrogen-bond donors (Lipinski definition) is 1. The molecule has 1 saturated carbocycles. The fourth-order valence-corrected chi connectivity index (χ4v) is 3.98. The largest absolute Gasteiger partial charge is 0.342 e. The molecule has 3 heteroatoms. The van der Waals surface area contributed by atoms with Gasteiger partial charge in [-0.3, -0.25) is 4.79 Å². The quantitative estimate of drug-likeness (QED) is 0.757. The molecule has 1 heterocycles. The third-order valence-corrected chi connectivity index (χ3v) is 5.22. The van der Waals surface area contributed by atoms with Gasteiger partial charge in [-0.05, 0) is 37.0 Å². The molecule has 2 bridgehead atoms. The van der Waals surface area contributed by atoms with E-state index in [1.807, 2.05) is 0 Å². The summed E-state index contributed by atoms with van der Waals surface area (Å²) >= 11 is 0. The summed E-state index contributed by atoms with van der Waals surface area (Å²) in [7, 11) is 0. The van der Waals surface area contributed by atoms with Gasteiger partial charge in [-0.15, -0.1) is 0 Å². The van der Waals surface area contributed by atoms with Crippen molar-refractivity contribution in [3.05, 3.63) is 12.2 Å². The smallest absolute Gasteiger partial charge is 0.226 e.